The summed E-state index contributed by atoms with van der Waals surface area (Å²) < 4.78 is 10.7. The van der Waals surface area contributed by atoms with E-state index in [0.29, 0.717) is 18.2 Å². The molecule has 0 spiro atoms. The Morgan fingerprint density at radius 2 is 1.60 bits per heavy atom. The molecule has 1 atom stereocenters. The quantitative estimate of drug-likeness (QED) is 0.704. The van der Waals surface area contributed by atoms with Crippen LogP contribution >= 0.6 is 0 Å². The zero-order valence-corrected chi connectivity index (χ0v) is 13.1. The summed E-state index contributed by atoms with van der Waals surface area (Å²) in [5, 5.41) is 0. The van der Waals surface area contributed by atoms with Gasteiger partial charge in [0.2, 0.25) is 11.8 Å². The number of unbranched alkanes of at least 4 members (excludes halogenated alkanes) is 2. The van der Waals surface area contributed by atoms with Gasteiger partial charge in [-0.1, -0.05) is 26.7 Å². The molecule has 0 bridgehead atoms. The van der Waals surface area contributed by atoms with E-state index in [1.165, 1.54) is 12.8 Å². The van der Waals surface area contributed by atoms with Crippen LogP contribution in [0.2, 0.25) is 0 Å². The van der Waals surface area contributed by atoms with E-state index >= 15 is 0 Å². The van der Waals surface area contributed by atoms with Crippen LogP contribution in [0.25, 0.3) is 0 Å². The third-order valence-corrected chi connectivity index (χ3v) is 3.35. The van der Waals surface area contributed by atoms with Crippen molar-refractivity contribution in [1.82, 2.24) is 9.97 Å². The van der Waals surface area contributed by atoms with Crippen molar-refractivity contribution >= 4 is 0 Å². The molecule has 0 radical (unpaired) electrons. The number of nitrogens with two attached hydrogens (primary N) is 1. The highest BCUT2D eigenvalue weighted by atomic mass is 16.5. The standard InChI is InChI=1S/C15H27N3O2/c1-5-7-8-9-12-14(19-3)18-13(10-11(16)6-2)15(17-12)20-4/h11H,5-10,16H2,1-4H3. The van der Waals surface area contributed by atoms with Gasteiger partial charge in [0.1, 0.15) is 11.4 Å². The van der Waals surface area contributed by atoms with Crippen LogP contribution in [0.1, 0.15) is 50.9 Å². The van der Waals surface area contributed by atoms with Crippen LogP contribution in [0.15, 0.2) is 0 Å². The molecule has 2 N–H and O–H groups in total. The van der Waals surface area contributed by atoms with E-state index < -0.39 is 0 Å². The molecule has 1 unspecified atom stereocenters. The van der Waals surface area contributed by atoms with Crippen LogP contribution in [0.5, 0.6) is 11.8 Å². The highest BCUT2D eigenvalue weighted by molar-refractivity contribution is 5.29. The zero-order valence-electron chi connectivity index (χ0n) is 13.1. The monoisotopic (exact) mass is 281 g/mol. The highest BCUT2D eigenvalue weighted by Crippen LogP contribution is 2.24. The summed E-state index contributed by atoms with van der Waals surface area (Å²) in [6, 6.07) is 0.0637. The second kappa shape index (κ2) is 8.74. The molecule has 114 valence electrons. The summed E-state index contributed by atoms with van der Waals surface area (Å²) >= 11 is 0. The number of nitrogens with zero attached hydrogens (tertiary/aromatic N) is 2. The van der Waals surface area contributed by atoms with Crippen LogP contribution in [0.4, 0.5) is 0 Å². The van der Waals surface area contributed by atoms with Crippen LogP contribution < -0.4 is 15.2 Å². The van der Waals surface area contributed by atoms with Crippen molar-refractivity contribution in [3.63, 3.8) is 0 Å². The molecule has 0 saturated carbocycles. The number of methoxy groups -OCH3 is 2. The van der Waals surface area contributed by atoms with Crippen molar-refractivity contribution in [1.29, 1.82) is 0 Å². The molecule has 0 amide bonds. The van der Waals surface area contributed by atoms with Gasteiger partial charge in [0.15, 0.2) is 0 Å². The Labute approximate surface area is 121 Å². The molecular weight excluding hydrogens is 254 g/mol. The number of aromatic nitrogens is 2. The van der Waals surface area contributed by atoms with Gasteiger partial charge in [-0.05, 0) is 19.3 Å². The number of hydrogen-bond donors (Lipinski definition) is 1. The maximum absolute atomic E-state index is 5.99. The fraction of sp³-hybridized carbons (Fsp3) is 0.733. The lowest BCUT2D eigenvalue weighted by molar-refractivity contribution is 0.359. The normalized spacial score (nSPS) is 12.2. The smallest absolute Gasteiger partial charge is 0.235 e. The van der Waals surface area contributed by atoms with Crippen molar-refractivity contribution in [2.24, 2.45) is 5.73 Å². The van der Waals surface area contributed by atoms with E-state index in [4.69, 9.17) is 15.2 Å². The van der Waals surface area contributed by atoms with Crippen molar-refractivity contribution in [3.8, 4) is 11.8 Å². The minimum absolute atomic E-state index is 0.0637. The number of ether oxygens (including phenoxy) is 2. The molecule has 0 aliphatic rings. The Balaban J connectivity index is 2.97. The van der Waals surface area contributed by atoms with Crippen molar-refractivity contribution in [2.75, 3.05) is 14.2 Å². The van der Waals surface area contributed by atoms with Crippen molar-refractivity contribution < 1.29 is 9.47 Å². The second-order valence-corrected chi connectivity index (χ2v) is 4.97. The molecule has 0 saturated heterocycles. The summed E-state index contributed by atoms with van der Waals surface area (Å²) in [7, 11) is 3.25. The van der Waals surface area contributed by atoms with Gasteiger partial charge in [-0.25, -0.2) is 9.97 Å². The molecule has 1 aromatic heterocycles. The molecule has 5 heteroatoms. The number of hydrogen-bond acceptors (Lipinski definition) is 5. The van der Waals surface area contributed by atoms with Crippen molar-refractivity contribution in [2.45, 2.75) is 58.4 Å². The highest BCUT2D eigenvalue weighted by Gasteiger charge is 2.16. The summed E-state index contributed by atoms with van der Waals surface area (Å²) in [6.45, 7) is 4.24. The Bertz CT molecular complexity index is 410. The van der Waals surface area contributed by atoms with Gasteiger partial charge >= 0.3 is 0 Å². The average Bonchev–Trinajstić information content (AvgIpc) is 2.47. The van der Waals surface area contributed by atoms with Crippen LogP contribution in [-0.4, -0.2) is 30.2 Å². The SMILES string of the molecule is CCCCCc1nc(OC)c(CC(N)CC)nc1OC. The van der Waals surface area contributed by atoms with E-state index in [9.17, 15) is 0 Å². The number of rotatable bonds is 9. The van der Waals surface area contributed by atoms with E-state index in [1.54, 1.807) is 14.2 Å². The van der Waals surface area contributed by atoms with Crippen LogP contribution in [-0.2, 0) is 12.8 Å². The summed E-state index contributed by atoms with van der Waals surface area (Å²) in [6.07, 6.45) is 5.84. The first-order valence-corrected chi connectivity index (χ1v) is 7.39. The number of aryl methyl sites for hydroxylation is 1. The minimum atomic E-state index is 0.0637. The lowest BCUT2D eigenvalue weighted by Gasteiger charge is -2.14. The molecule has 0 aliphatic heterocycles. The largest absolute Gasteiger partial charge is 0.480 e. The Hall–Kier alpha value is -1.36. The van der Waals surface area contributed by atoms with E-state index in [1.807, 2.05) is 0 Å². The Kier molecular flexibility index (Phi) is 7.30. The third-order valence-electron chi connectivity index (χ3n) is 3.35. The maximum atomic E-state index is 5.99. The fourth-order valence-electron chi connectivity index (χ4n) is 2.03. The molecule has 1 heterocycles. The molecule has 0 fully saturated rings. The van der Waals surface area contributed by atoms with E-state index in [2.05, 4.69) is 23.8 Å². The van der Waals surface area contributed by atoms with E-state index in [0.717, 1.165) is 30.7 Å². The summed E-state index contributed by atoms with van der Waals surface area (Å²) in [5.74, 6) is 1.17. The fourth-order valence-corrected chi connectivity index (χ4v) is 2.03. The average molecular weight is 281 g/mol. The molecule has 5 nitrogen and oxygen atoms in total. The Morgan fingerprint density at radius 3 is 2.15 bits per heavy atom. The molecule has 1 rings (SSSR count). The van der Waals surface area contributed by atoms with Gasteiger partial charge in [0, 0.05) is 12.5 Å². The van der Waals surface area contributed by atoms with Crippen LogP contribution in [0, 0.1) is 0 Å². The van der Waals surface area contributed by atoms with Gasteiger partial charge in [-0.3, -0.25) is 0 Å². The minimum Gasteiger partial charge on any atom is -0.480 e. The van der Waals surface area contributed by atoms with E-state index in [-0.39, 0.29) is 6.04 Å². The zero-order chi connectivity index (χ0) is 15.0. The van der Waals surface area contributed by atoms with Gasteiger partial charge in [-0.15, -0.1) is 0 Å². The lowest BCUT2D eigenvalue weighted by Crippen LogP contribution is -2.23. The van der Waals surface area contributed by atoms with Gasteiger partial charge in [0.05, 0.1) is 14.2 Å². The Morgan fingerprint density at radius 1 is 1.00 bits per heavy atom. The van der Waals surface area contributed by atoms with Gasteiger partial charge in [0.25, 0.3) is 0 Å². The van der Waals surface area contributed by atoms with Crippen molar-refractivity contribution in [3.05, 3.63) is 11.4 Å². The van der Waals surface area contributed by atoms with Crippen LogP contribution in [0.3, 0.4) is 0 Å². The predicted molar refractivity (Wildman–Crippen MR) is 80.3 cm³/mol. The third kappa shape index (κ3) is 4.63. The lowest BCUT2D eigenvalue weighted by atomic mass is 10.1. The molecule has 20 heavy (non-hydrogen) atoms. The van der Waals surface area contributed by atoms with Gasteiger partial charge < -0.3 is 15.2 Å². The maximum Gasteiger partial charge on any atom is 0.235 e. The first kappa shape index (κ1) is 16.7. The molecule has 0 aliphatic carbocycles. The molecular formula is C15H27N3O2. The summed E-state index contributed by atoms with van der Waals surface area (Å²) in [4.78, 5) is 9.09. The first-order valence-electron chi connectivity index (χ1n) is 7.39. The second-order valence-electron chi connectivity index (χ2n) is 4.97. The first-order chi connectivity index (χ1) is 9.65. The van der Waals surface area contributed by atoms with Gasteiger partial charge in [-0.2, -0.15) is 0 Å². The molecule has 0 aromatic carbocycles. The summed E-state index contributed by atoms with van der Waals surface area (Å²) in [5.41, 5.74) is 7.64. The molecule has 1 aromatic rings. The topological polar surface area (TPSA) is 70.3 Å². The predicted octanol–water partition coefficient (Wildman–Crippen LogP) is 2.51.